The maximum Gasteiger partial charge on any atom is 0.416 e. The number of benzene rings is 2. The molecule has 0 saturated heterocycles. The van der Waals surface area contributed by atoms with Crippen LogP contribution in [0.1, 0.15) is 11.1 Å². The van der Waals surface area contributed by atoms with Crippen molar-refractivity contribution < 1.29 is 18.1 Å². The molecule has 0 N–H and O–H groups in total. The first-order valence-electron chi connectivity index (χ1n) is 7.06. The van der Waals surface area contributed by atoms with Crippen LogP contribution in [0.4, 0.5) is 18.9 Å². The maximum absolute atomic E-state index is 13.1. The van der Waals surface area contributed by atoms with Gasteiger partial charge in [0.25, 0.3) is 11.2 Å². The Balaban J connectivity index is 2.11. The van der Waals surface area contributed by atoms with Gasteiger partial charge in [-0.15, -0.1) is 0 Å². The van der Waals surface area contributed by atoms with Crippen molar-refractivity contribution in [3.8, 4) is 0 Å². The highest BCUT2D eigenvalue weighted by atomic mass is 19.4. The van der Waals surface area contributed by atoms with E-state index in [1.54, 1.807) is 0 Å². The zero-order valence-electron chi connectivity index (χ0n) is 12.5. The number of rotatable bonds is 3. The number of hydrogen-bond donors (Lipinski definition) is 0. The van der Waals surface area contributed by atoms with Crippen LogP contribution >= 0.6 is 0 Å². The van der Waals surface area contributed by atoms with Crippen molar-refractivity contribution in [2.75, 3.05) is 0 Å². The summed E-state index contributed by atoms with van der Waals surface area (Å²) in [4.78, 5) is 26.7. The molecule has 0 amide bonds. The summed E-state index contributed by atoms with van der Waals surface area (Å²) in [6.45, 7) is -0.347. The van der Waals surface area contributed by atoms with E-state index >= 15 is 0 Å². The Morgan fingerprint density at radius 3 is 2.56 bits per heavy atom. The van der Waals surface area contributed by atoms with Crippen molar-refractivity contribution in [1.29, 1.82) is 0 Å². The first kappa shape index (κ1) is 16.6. The first-order valence-corrected chi connectivity index (χ1v) is 7.06. The summed E-state index contributed by atoms with van der Waals surface area (Å²) in [5.41, 5.74) is -1.65. The standard InChI is InChI=1S/C16H10F3N3O3/c17-16(18,19)13-4-2-1-3-10(13)8-21-9-20-14-6-5-11(22(24)25)7-12(14)15(21)23/h1-7,9H,8H2. The second-order valence-electron chi connectivity index (χ2n) is 5.29. The molecule has 0 radical (unpaired) electrons. The molecule has 128 valence electrons. The van der Waals surface area contributed by atoms with Gasteiger partial charge in [0, 0.05) is 12.1 Å². The molecule has 0 fully saturated rings. The molecule has 0 aliphatic heterocycles. The van der Waals surface area contributed by atoms with Crippen LogP contribution in [0, 0.1) is 10.1 Å². The minimum absolute atomic E-state index is 0.0267. The van der Waals surface area contributed by atoms with Gasteiger partial charge in [-0.25, -0.2) is 4.98 Å². The smallest absolute Gasteiger partial charge is 0.294 e. The van der Waals surface area contributed by atoms with Gasteiger partial charge in [0.15, 0.2) is 0 Å². The van der Waals surface area contributed by atoms with Gasteiger partial charge in [0.05, 0.1) is 34.3 Å². The van der Waals surface area contributed by atoms with Gasteiger partial charge in [-0.3, -0.25) is 19.5 Å². The lowest BCUT2D eigenvalue weighted by atomic mass is 10.1. The van der Waals surface area contributed by atoms with Crippen LogP contribution in [0.2, 0.25) is 0 Å². The van der Waals surface area contributed by atoms with E-state index < -0.39 is 22.2 Å². The van der Waals surface area contributed by atoms with Crippen LogP contribution in [0.15, 0.2) is 53.6 Å². The number of aromatic nitrogens is 2. The third-order valence-corrected chi connectivity index (χ3v) is 3.68. The number of alkyl halides is 3. The van der Waals surface area contributed by atoms with Gasteiger partial charge in [-0.05, 0) is 17.7 Å². The van der Waals surface area contributed by atoms with Gasteiger partial charge < -0.3 is 0 Å². The van der Waals surface area contributed by atoms with E-state index in [9.17, 15) is 28.1 Å². The maximum atomic E-state index is 13.1. The highest BCUT2D eigenvalue weighted by Gasteiger charge is 2.32. The van der Waals surface area contributed by atoms with Crippen molar-refractivity contribution in [3.63, 3.8) is 0 Å². The molecule has 0 unspecified atom stereocenters. The largest absolute Gasteiger partial charge is 0.416 e. The van der Waals surface area contributed by atoms with Crippen molar-refractivity contribution in [2.24, 2.45) is 0 Å². The summed E-state index contributed by atoms with van der Waals surface area (Å²) in [6, 6.07) is 8.50. The lowest BCUT2D eigenvalue weighted by molar-refractivity contribution is -0.384. The molecule has 2 aromatic carbocycles. The third kappa shape index (κ3) is 3.21. The van der Waals surface area contributed by atoms with Crippen LogP contribution in [-0.4, -0.2) is 14.5 Å². The normalized spacial score (nSPS) is 11.6. The molecular weight excluding hydrogens is 339 g/mol. The Labute approximate surface area is 138 Å². The number of nitrogens with zero attached hydrogens (tertiary/aromatic N) is 3. The molecule has 0 spiro atoms. The number of nitro benzene ring substituents is 1. The summed E-state index contributed by atoms with van der Waals surface area (Å²) >= 11 is 0. The molecular formula is C16H10F3N3O3. The first-order chi connectivity index (χ1) is 11.8. The summed E-state index contributed by atoms with van der Waals surface area (Å²) in [5.74, 6) is 0. The number of non-ortho nitro benzene ring substituents is 1. The SMILES string of the molecule is O=c1c2cc([N+](=O)[O-])ccc2ncn1Cc1ccccc1C(F)(F)F. The van der Waals surface area contributed by atoms with E-state index in [2.05, 4.69) is 4.98 Å². The van der Waals surface area contributed by atoms with Crippen LogP contribution < -0.4 is 5.56 Å². The number of fused-ring (bicyclic) bond motifs is 1. The fourth-order valence-corrected chi connectivity index (χ4v) is 2.49. The van der Waals surface area contributed by atoms with Crippen molar-refractivity contribution in [2.45, 2.75) is 12.7 Å². The van der Waals surface area contributed by atoms with Crippen LogP contribution in [0.3, 0.4) is 0 Å². The summed E-state index contributed by atoms with van der Waals surface area (Å²) in [5, 5.41) is 10.8. The quantitative estimate of drug-likeness (QED) is 0.536. The van der Waals surface area contributed by atoms with Crippen molar-refractivity contribution in [3.05, 3.63) is 80.4 Å². The van der Waals surface area contributed by atoms with E-state index in [1.807, 2.05) is 0 Å². The van der Waals surface area contributed by atoms with E-state index in [0.29, 0.717) is 0 Å². The van der Waals surface area contributed by atoms with Gasteiger partial charge in [0.2, 0.25) is 0 Å². The van der Waals surface area contributed by atoms with Crippen LogP contribution in [-0.2, 0) is 12.7 Å². The van der Waals surface area contributed by atoms with E-state index in [0.717, 1.165) is 23.0 Å². The van der Waals surface area contributed by atoms with Gasteiger partial charge in [-0.1, -0.05) is 18.2 Å². The molecule has 9 heteroatoms. The molecule has 0 saturated carbocycles. The third-order valence-electron chi connectivity index (χ3n) is 3.68. The predicted octanol–water partition coefficient (Wildman–Crippen LogP) is 3.37. The molecule has 25 heavy (non-hydrogen) atoms. The molecule has 1 heterocycles. The fraction of sp³-hybridized carbons (Fsp3) is 0.125. The van der Waals surface area contributed by atoms with Gasteiger partial charge >= 0.3 is 6.18 Å². The van der Waals surface area contributed by atoms with Gasteiger partial charge in [0.1, 0.15) is 0 Å². The van der Waals surface area contributed by atoms with E-state index in [4.69, 9.17) is 0 Å². The minimum Gasteiger partial charge on any atom is -0.294 e. The fourth-order valence-electron chi connectivity index (χ4n) is 2.49. The highest BCUT2D eigenvalue weighted by molar-refractivity contribution is 5.79. The summed E-state index contributed by atoms with van der Waals surface area (Å²) in [7, 11) is 0. The Morgan fingerprint density at radius 2 is 1.88 bits per heavy atom. The number of halogens is 3. The molecule has 1 aromatic heterocycles. The Bertz CT molecular complexity index is 1030. The predicted molar refractivity (Wildman–Crippen MR) is 83.2 cm³/mol. The number of nitro groups is 1. The Hall–Kier alpha value is -3.23. The Kier molecular flexibility index (Phi) is 3.99. The molecule has 3 aromatic rings. The van der Waals surface area contributed by atoms with Gasteiger partial charge in [-0.2, -0.15) is 13.2 Å². The van der Waals surface area contributed by atoms with E-state index in [-0.39, 0.29) is 28.7 Å². The number of hydrogen-bond acceptors (Lipinski definition) is 4. The topological polar surface area (TPSA) is 78.0 Å². The second kappa shape index (κ2) is 6.00. The molecule has 0 aliphatic carbocycles. The van der Waals surface area contributed by atoms with Crippen molar-refractivity contribution in [1.82, 2.24) is 9.55 Å². The minimum atomic E-state index is -4.55. The lowest BCUT2D eigenvalue weighted by Gasteiger charge is -2.13. The monoisotopic (exact) mass is 349 g/mol. The van der Waals surface area contributed by atoms with Crippen molar-refractivity contribution >= 4 is 16.6 Å². The molecule has 6 nitrogen and oxygen atoms in total. The average Bonchev–Trinajstić information content (AvgIpc) is 2.56. The summed E-state index contributed by atoms with van der Waals surface area (Å²) < 4.78 is 40.2. The average molecular weight is 349 g/mol. The molecule has 0 aliphatic rings. The zero-order chi connectivity index (χ0) is 18.2. The molecule has 3 rings (SSSR count). The Morgan fingerprint density at radius 1 is 1.16 bits per heavy atom. The molecule has 0 atom stereocenters. The van der Waals surface area contributed by atoms with Crippen LogP contribution in [0.25, 0.3) is 10.9 Å². The van der Waals surface area contributed by atoms with E-state index in [1.165, 1.54) is 30.3 Å². The second-order valence-corrected chi connectivity index (χ2v) is 5.29. The molecule has 0 bridgehead atoms. The summed E-state index contributed by atoms with van der Waals surface area (Å²) in [6.07, 6.45) is -3.42. The highest BCUT2D eigenvalue weighted by Crippen LogP contribution is 2.32. The zero-order valence-corrected chi connectivity index (χ0v) is 12.5. The lowest BCUT2D eigenvalue weighted by Crippen LogP contribution is -2.22. The van der Waals surface area contributed by atoms with Crippen LogP contribution in [0.5, 0.6) is 0 Å².